The molecular weight excluding hydrogens is 412 g/mol. The minimum Gasteiger partial charge on any atom is -0.157 e. The van der Waals surface area contributed by atoms with E-state index in [1.165, 1.54) is 37.0 Å². The van der Waals surface area contributed by atoms with Crippen molar-refractivity contribution >= 4 is 66.3 Å². The Balaban J connectivity index is 1.92. The Hall–Kier alpha value is 0.710. The molecule has 2 aromatic rings. The SMILES string of the molecule is Cc1sc(C(Br)c2cc3c(s2)CCSC3)cc1Br. The normalized spacial score (nSPS) is 16.6. The van der Waals surface area contributed by atoms with Gasteiger partial charge in [-0.25, -0.2) is 0 Å². The quantitative estimate of drug-likeness (QED) is 0.521. The fraction of sp³-hybridized carbons (Fsp3) is 0.385. The van der Waals surface area contributed by atoms with Crippen LogP contribution < -0.4 is 0 Å². The number of rotatable bonds is 2. The van der Waals surface area contributed by atoms with Crippen LogP contribution in [-0.2, 0) is 12.2 Å². The molecule has 5 heteroatoms. The Morgan fingerprint density at radius 1 is 1.22 bits per heavy atom. The maximum atomic E-state index is 3.86. The summed E-state index contributed by atoms with van der Waals surface area (Å²) >= 11 is 13.4. The summed E-state index contributed by atoms with van der Waals surface area (Å²) in [6, 6.07) is 4.64. The third-order valence-electron chi connectivity index (χ3n) is 3.02. The highest BCUT2D eigenvalue weighted by atomic mass is 79.9. The van der Waals surface area contributed by atoms with Gasteiger partial charge in [0.1, 0.15) is 0 Å². The Morgan fingerprint density at radius 3 is 2.67 bits per heavy atom. The molecule has 1 atom stereocenters. The van der Waals surface area contributed by atoms with Crippen molar-refractivity contribution in [3.8, 4) is 0 Å². The van der Waals surface area contributed by atoms with Crippen LogP contribution in [0.1, 0.15) is 29.9 Å². The molecular formula is C13H12Br2S3. The van der Waals surface area contributed by atoms with Gasteiger partial charge in [-0.3, -0.25) is 0 Å². The molecule has 3 rings (SSSR count). The van der Waals surface area contributed by atoms with Gasteiger partial charge in [0.2, 0.25) is 0 Å². The summed E-state index contributed by atoms with van der Waals surface area (Å²) in [6.45, 7) is 2.16. The number of halogens is 2. The third kappa shape index (κ3) is 2.62. The summed E-state index contributed by atoms with van der Waals surface area (Å²) in [4.78, 5) is 6.15. The smallest absolute Gasteiger partial charge is 0.0831 e. The predicted molar refractivity (Wildman–Crippen MR) is 91.7 cm³/mol. The lowest BCUT2D eigenvalue weighted by molar-refractivity contribution is 1.13. The maximum absolute atomic E-state index is 3.86. The van der Waals surface area contributed by atoms with Crippen molar-refractivity contribution in [2.24, 2.45) is 0 Å². The number of thioether (sulfide) groups is 1. The van der Waals surface area contributed by atoms with Gasteiger partial charge in [0.05, 0.1) is 4.83 Å². The largest absolute Gasteiger partial charge is 0.157 e. The predicted octanol–water partition coefficient (Wildman–Crippen LogP) is 6.15. The molecule has 1 aliphatic rings. The standard InChI is InChI=1S/C13H12Br2S3/c1-7-9(14)5-12(17-7)13(15)11-4-8-6-16-3-2-10(8)18-11/h4-5,13H,2-3,6H2,1H3. The zero-order chi connectivity index (χ0) is 12.7. The van der Waals surface area contributed by atoms with E-state index >= 15 is 0 Å². The van der Waals surface area contributed by atoms with Crippen molar-refractivity contribution in [1.82, 2.24) is 0 Å². The first-order chi connectivity index (χ1) is 8.65. The average molecular weight is 424 g/mol. The van der Waals surface area contributed by atoms with E-state index in [-0.39, 0.29) is 0 Å². The minimum atomic E-state index is 0.355. The molecule has 3 heterocycles. The molecule has 0 amide bonds. The summed E-state index contributed by atoms with van der Waals surface area (Å²) in [6.07, 6.45) is 1.25. The summed E-state index contributed by atoms with van der Waals surface area (Å²) < 4.78 is 1.23. The van der Waals surface area contributed by atoms with Crippen LogP contribution in [0.4, 0.5) is 0 Å². The van der Waals surface area contributed by atoms with Gasteiger partial charge in [-0.15, -0.1) is 22.7 Å². The van der Waals surface area contributed by atoms with Crippen LogP contribution in [0.2, 0.25) is 0 Å². The Bertz CT molecular complexity index is 528. The van der Waals surface area contributed by atoms with E-state index in [1.54, 1.807) is 10.4 Å². The summed E-state index contributed by atoms with van der Waals surface area (Å²) in [7, 11) is 0. The van der Waals surface area contributed by atoms with Crippen LogP contribution in [0.3, 0.4) is 0 Å². The second kappa shape index (κ2) is 5.60. The van der Waals surface area contributed by atoms with Crippen LogP contribution in [-0.4, -0.2) is 5.75 Å². The highest BCUT2D eigenvalue weighted by molar-refractivity contribution is 9.10. The number of hydrogen-bond donors (Lipinski definition) is 0. The summed E-state index contributed by atoms with van der Waals surface area (Å²) in [5, 5.41) is 0. The molecule has 0 nitrogen and oxygen atoms in total. The number of fused-ring (bicyclic) bond motifs is 1. The third-order valence-corrected chi connectivity index (χ3v) is 9.13. The van der Waals surface area contributed by atoms with Crippen molar-refractivity contribution in [2.75, 3.05) is 5.75 Å². The van der Waals surface area contributed by atoms with E-state index in [1.807, 2.05) is 22.7 Å². The van der Waals surface area contributed by atoms with E-state index in [2.05, 4.69) is 62.7 Å². The number of alkyl halides is 1. The molecule has 0 radical (unpaired) electrons. The van der Waals surface area contributed by atoms with E-state index in [0.29, 0.717) is 4.83 Å². The van der Waals surface area contributed by atoms with Crippen molar-refractivity contribution < 1.29 is 0 Å². The molecule has 0 saturated carbocycles. The number of hydrogen-bond acceptors (Lipinski definition) is 3. The highest BCUT2D eigenvalue weighted by Gasteiger charge is 2.20. The van der Waals surface area contributed by atoms with Gasteiger partial charge in [0.15, 0.2) is 0 Å². The molecule has 0 saturated heterocycles. The van der Waals surface area contributed by atoms with Crippen molar-refractivity contribution in [1.29, 1.82) is 0 Å². The van der Waals surface area contributed by atoms with E-state index in [9.17, 15) is 0 Å². The van der Waals surface area contributed by atoms with Crippen LogP contribution in [0.25, 0.3) is 0 Å². The fourth-order valence-corrected chi connectivity index (χ4v) is 6.87. The van der Waals surface area contributed by atoms with Crippen molar-refractivity contribution in [2.45, 2.75) is 23.9 Å². The van der Waals surface area contributed by atoms with Gasteiger partial charge in [-0.05, 0) is 52.7 Å². The number of thiophene rings is 2. The monoisotopic (exact) mass is 422 g/mol. The average Bonchev–Trinajstić information content (AvgIpc) is 2.93. The zero-order valence-electron chi connectivity index (χ0n) is 9.83. The maximum Gasteiger partial charge on any atom is 0.0831 e. The minimum absolute atomic E-state index is 0.355. The molecule has 2 aromatic heterocycles. The topological polar surface area (TPSA) is 0 Å². The second-order valence-electron chi connectivity index (χ2n) is 4.32. The van der Waals surface area contributed by atoms with E-state index in [4.69, 9.17) is 0 Å². The fourth-order valence-electron chi connectivity index (χ4n) is 2.04. The van der Waals surface area contributed by atoms with Crippen LogP contribution in [0.15, 0.2) is 16.6 Å². The first-order valence-corrected chi connectivity index (χ1v) is 10.2. The second-order valence-corrected chi connectivity index (χ2v) is 9.65. The van der Waals surface area contributed by atoms with E-state index in [0.717, 1.165) is 0 Å². The molecule has 0 spiro atoms. The molecule has 1 aliphatic heterocycles. The lowest BCUT2D eigenvalue weighted by atomic mass is 10.2. The lowest BCUT2D eigenvalue weighted by Crippen LogP contribution is -1.96. The van der Waals surface area contributed by atoms with Crippen molar-refractivity contribution in [3.63, 3.8) is 0 Å². The Morgan fingerprint density at radius 2 is 2.00 bits per heavy atom. The number of aryl methyl sites for hydroxylation is 2. The lowest BCUT2D eigenvalue weighted by Gasteiger charge is -2.08. The molecule has 96 valence electrons. The van der Waals surface area contributed by atoms with E-state index < -0.39 is 0 Å². The van der Waals surface area contributed by atoms with Crippen LogP contribution in [0.5, 0.6) is 0 Å². The Labute approximate surface area is 136 Å². The molecule has 0 aliphatic carbocycles. The zero-order valence-corrected chi connectivity index (χ0v) is 15.5. The van der Waals surface area contributed by atoms with Crippen LogP contribution in [0, 0.1) is 6.92 Å². The summed E-state index contributed by atoms with van der Waals surface area (Å²) in [5.74, 6) is 2.47. The van der Waals surface area contributed by atoms with Gasteiger partial charge in [-0.2, -0.15) is 11.8 Å². The van der Waals surface area contributed by atoms with Crippen LogP contribution >= 0.6 is 66.3 Å². The molecule has 0 N–H and O–H groups in total. The molecule has 1 unspecified atom stereocenters. The molecule has 0 bridgehead atoms. The summed E-state index contributed by atoms with van der Waals surface area (Å²) in [5.41, 5.74) is 1.56. The van der Waals surface area contributed by atoms with Gasteiger partial charge in [0.25, 0.3) is 0 Å². The first kappa shape index (κ1) is 13.7. The van der Waals surface area contributed by atoms with Gasteiger partial charge < -0.3 is 0 Å². The van der Waals surface area contributed by atoms with Crippen molar-refractivity contribution in [3.05, 3.63) is 41.7 Å². The highest BCUT2D eigenvalue weighted by Crippen LogP contribution is 2.43. The molecule has 0 fully saturated rings. The van der Waals surface area contributed by atoms with Gasteiger partial charge in [-0.1, -0.05) is 15.9 Å². The first-order valence-electron chi connectivity index (χ1n) is 5.74. The molecule has 18 heavy (non-hydrogen) atoms. The van der Waals surface area contributed by atoms with Gasteiger partial charge in [0, 0.05) is 29.7 Å². The Kier molecular flexibility index (Phi) is 4.26. The van der Waals surface area contributed by atoms with Gasteiger partial charge >= 0.3 is 0 Å². The molecule has 0 aromatic carbocycles.